The molecule has 0 bridgehead atoms. The van der Waals surface area contributed by atoms with Gasteiger partial charge in [0.15, 0.2) is 9.84 Å². The number of aromatic amines is 1. The lowest BCUT2D eigenvalue weighted by atomic mass is 10.3. The van der Waals surface area contributed by atoms with Crippen LogP contribution in [0.5, 0.6) is 0 Å². The lowest BCUT2D eigenvalue weighted by Crippen LogP contribution is -2.16. The highest BCUT2D eigenvalue weighted by molar-refractivity contribution is 7.90. The summed E-state index contributed by atoms with van der Waals surface area (Å²) in [6.45, 7) is 0. The zero-order valence-electron chi connectivity index (χ0n) is 6.57. The molecule has 0 radical (unpaired) electrons. The van der Waals surface area contributed by atoms with Crippen molar-refractivity contribution in [2.24, 2.45) is 0 Å². The van der Waals surface area contributed by atoms with Gasteiger partial charge in [-0.1, -0.05) is 0 Å². The van der Waals surface area contributed by atoms with E-state index in [-0.39, 0.29) is 28.7 Å². The summed E-state index contributed by atoms with van der Waals surface area (Å²) in [5, 5.41) is 0. The van der Waals surface area contributed by atoms with Crippen molar-refractivity contribution in [1.29, 1.82) is 0 Å². The van der Waals surface area contributed by atoms with Crippen LogP contribution in [0.15, 0.2) is 4.79 Å². The van der Waals surface area contributed by atoms with Crippen molar-refractivity contribution >= 4 is 15.8 Å². The van der Waals surface area contributed by atoms with Crippen LogP contribution < -0.4 is 11.3 Å². The van der Waals surface area contributed by atoms with Gasteiger partial charge >= 0.3 is 0 Å². The highest BCUT2D eigenvalue weighted by Gasteiger charge is 2.28. The quantitative estimate of drug-likeness (QED) is 0.547. The molecular weight excluding hydrogens is 194 g/mol. The molecule has 2 heterocycles. The predicted molar refractivity (Wildman–Crippen MR) is 45.6 cm³/mol. The minimum absolute atomic E-state index is 0.0409. The third-order valence-electron chi connectivity index (χ3n) is 1.84. The van der Waals surface area contributed by atoms with Crippen LogP contribution in [0.25, 0.3) is 0 Å². The number of rotatable bonds is 0. The zero-order chi connectivity index (χ0) is 9.64. The van der Waals surface area contributed by atoms with E-state index in [1.165, 1.54) is 0 Å². The molecule has 13 heavy (non-hydrogen) atoms. The smallest absolute Gasteiger partial charge is 0.256 e. The second-order valence-corrected chi connectivity index (χ2v) is 4.97. The first-order chi connectivity index (χ1) is 5.98. The maximum atomic E-state index is 11.2. The second-order valence-electron chi connectivity index (χ2n) is 2.91. The molecule has 0 saturated heterocycles. The highest BCUT2D eigenvalue weighted by Crippen LogP contribution is 2.19. The Bertz CT molecular complexity index is 516. The molecule has 0 fully saturated rings. The van der Waals surface area contributed by atoms with Gasteiger partial charge in [0, 0.05) is 0 Å². The fourth-order valence-electron chi connectivity index (χ4n) is 1.31. The summed E-state index contributed by atoms with van der Waals surface area (Å²) in [7, 11) is -3.18. The normalized spacial score (nSPS) is 18.5. The Kier molecular flexibility index (Phi) is 1.47. The molecule has 0 saturated carbocycles. The number of sulfone groups is 1. The number of nitrogens with two attached hydrogens (primary N) is 1. The molecule has 0 spiro atoms. The summed E-state index contributed by atoms with van der Waals surface area (Å²) in [5.41, 5.74) is 5.30. The van der Waals surface area contributed by atoms with Crippen LogP contribution in [0.1, 0.15) is 11.3 Å². The van der Waals surface area contributed by atoms with Crippen molar-refractivity contribution in [3.05, 3.63) is 21.6 Å². The predicted octanol–water partition coefficient (Wildman–Crippen LogP) is -1.22. The molecule has 1 aliphatic rings. The van der Waals surface area contributed by atoms with Gasteiger partial charge in [-0.25, -0.2) is 13.4 Å². The first kappa shape index (κ1) is 8.24. The van der Waals surface area contributed by atoms with E-state index in [1.807, 2.05) is 0 Å². The molecule has 0 unspecified atom stereocenters. The summed E-state index contributed by atoms with van der Waals surface area (Å²) in [6.07, 6.45) is 0. The van der Waals surface area contributed by atoms with Crippen LogP contribution in [0, 0.1) is 0 Å². The summed E-state index contributed by atoms with van der Waals surface area (Å²) in [6, 6.07) is 0. The van der Waals surface area contributed by atoms with Gasteiger partial charge < -0.3 is 5.73 Å². The molecule has 2 rings (SSSR count). The number of H-pyrrole nitrogens is 1. The van der Waals surface area contributed by atoms with Gasteiger partial charge in [-0.15, -0.1) is 0 Å². The van der Waals surface area contributed by atoms with E-state index in [0.29, 0.717) is 0 Å². The van der Waals surface area contributed by atoms with E-state index < -0.39 is 15.4 Å². The van der Waals surface area contributed by atoms with Crippen molar-refractivity contribution in [2.45, 2.75) is 11.5 Å². The minimum Gasteiger partial charge on any atom is -0.369 e. The summed E-state index contributed by atoms with van der Waals surface area (Å²) in [5.74, 6) is -0.456. The molecule has 6 nitrogen and oxygen atoms in total. The number of aromatic nitrogens is 2. The average Bonchev–Trinajstić information content (AvgIpc) is 2.23. The monoisotopic (exact) mass is 201 g/mol. The Morgan fingerprint density at radius 1 is 1.38 bits per heavy atom. The van der Waals surface area contributed by atoms with Crippen LogP contribution in [0.4, 0.5) is 5.95 Å². The molecule has 70 valence electrons. The zero-order valence-corrected chi connectivity index (χ0v) is 7.39. The lowest BCUT2D eigenvalue weighted by molar-refractivity contribution is 0.597. The van der Waals surface area contributed by atoms with E-state index in [9.17, 15) is 13.2 Å². The third kappa shape index (κ3) is 1.31. The van der Waals surface area contributed by atoms with Gasteiger partial charge in [-0.3, -0.25) is 9.78 Å². The minimum atomic E-state index is -3.18. The summed E-state index contributed by atoms with van der Waals surface area (Å²) >= 11 is 0. The van der Waals surface area contributed by atoms with Gasteiger partial charge in [0.25, 0.3) is 5.56 Å². The standard InChI is InChI=1S/C6H7N3O3S/c7-6-8-4-2-13(11,12)1-3(4)5(10)9-6/h1-2H2,(H3,7,8,9,10). The molecule has 0 atom stereocenters. The van der Waals surface area contributed by atoms with Gasteiger partial charge in [0.2, 0.25) is 5.95 Å². The Labute approximate surface area is 73.7 Å². The Hall–Kier alpha value is -1.37. The van der Waals surface area contributed by atoms with Gasteiger partial charge in [0.1, 0.15) is 0 Å². The molecule has 1 aliphatic heterocycles. The fraction of sp³-hybridized carbons (Fsp3) is 0.333. The number of hydrogen-bond donors (Lipinski definition) is 2. The van der Waals surface area contributed by atoms with E-state index >= 15 is 0 Å². The van der Waals surface area contributed by atoms with Crippen LogP contribution in [0.3, 0.4) is 0 Å². The molecule has 0 amide bonds. The number of nitrogens with zero attached hydrogens (tertiary/aromatic N) is 1. The summed E-state index contributed by atoms with van der Waals surface area (Å²) in [4.78, 5) is 17.2. The van der Waals surface area contributed by atoms with Crippen LogP contribution >= 0.6 is 0 Å². The van der Waals surface area contributed by atoms with Crippen molar-refractivity contribution in [2.75, 3.05) is 5.73 Å². The van der Waals surface area contributed by atoms with Crippen molar-refractivity contribution in [3.63, 3.8) is 0 Å². The Balaban J connectivity index is 2.72. The first-order valence-electron chi connectivity index (χ1n) is 3.56. The van der Waals surface area contributed by atoms with Gasteiger partial charge in [-0.05, 0) is 0 Å². The van der Waals surface area contributed by atoms with Crippen LogP contribution in [0.2, 0.25) is 0 Å². The van der Waals surface area contributed by atoms with Crippen LogP contribution in [-0.2, 0) is 21.3 Å². The number of hydrogen-bond acceptors (Lipinski definition) is 5. The molecule has 0 aromatic carbocycles. The Morgan fingerprint density at radius 2 is 2.08 bits per heavy atom. The number of anilines is 1. The van der Waals surface area contributed by atoms with E-state index in [4.69, 9.17) is 5.73 Å². The molecule has 0 aliphatic carbocycles. The topological polar surface area (TPSA) is 106 Å². The largest absolute Gasteiger partial charge is 0.369 e. The van der Waals surface area contributed by atoms with Gasteiger partial charge in [-0.2, -0.15) is 0 Å². The second kappa shape index (κ2) is 2.32. The fourth-order valence-corrected chi connectivity index (χ4v) is 2.81. The first-order valence-corrected chi connectivity index (χ1v) is 5.38. The maximum Gasteiger partial charge on any atom is 0.256 e. The van der Waals surface area contributed by atoms with Crippen molar-refractivity contribution in [3.8, 4) is 0 Å². The molecule has 1 aromatic rings. The van der Waals surface area contributed by atoms with Crippen molar-refractivity contribution < 1.29 is 8.42 Å². The summed E-state index contributed by atoms with van der Waals surface area (Å²) < 4.78 is 22.2. The van der Waals surface area contributed by atoms with E-state index in [0.717, 1.165) is 0 Å². The third-order valence-corrected chi connectivity index (χ3v) is 3.28. The van der Waals surface area contributed by atoms with E-state index in [2.05, 4.69) is 9.97 Å². The maximum absolute atomic E-state index is 11.2. The number of nitrogens with one attached hydrogen (secondary N) is 1. The molecule has 3 N–H and O–H groups in total. The number of fused-ring (bicyclic) bond motifs is 1. The number of nitrogen functional groups attached to an aromatic ring is 1. The van der Waals surface area contributed by atoms with Crippen molar-refractivity contribution in [1.82, 2.24) is 9.97 Å². The average molecular weight is 201 g/mol. The van der Waals surface area contributed by atoms with Crippen LogP contribution in [-0.4, -0.2) is 18.4 Å². The van der Waals surface area contributed by atoms with Gasteiger partial charge in [0.05, 0.1) is 22.8 Å². The Morgan fingerprint density at radius 3 is 2.77 bits per heavy atom. The molecular formula is C6H7N3O3S. The highest BCUT2D eigenvalue weighted by atomic mass is 32.2. The molecule has 7 heteroatoms. The molecule has 1 aromatic heterocycles. The van der Waals surface area contributed by atoms with E-state index in [1.54, 1.807) is 0 Å². The SMILES string of the molecule is Nc1nc2c(c(=O)[nH]1)CS(=O)(=O)C2. The lowest BCUT2D eigenvalue weighted by Gasteiger charge is -1.95.